The number of hydrogen-bond donors (Lipinski definition) is 2. The van der Waals surface area contributed by atoms with E-state index >= 15 is 0 Å². The summed E-state index contributed by atoms with van der Waals surface area (Å²) in [6.45, 7) is 6.86. The molecule has 0 saturated carbocycles. The Morgan fingerprint density at radius 2 is 1.79 bits per heavy atom. The van der Waals surface area contributed by atoms with Crippen LogP contribution in [0.5, 0.6) is 0 Å². The van der Waals surface area contributed by atoms with E-state index in [0.717, 1.165) is 12.2 Å². The van der Waals surface area contributed by atoms with Crippen molar-refractivity contribution in [1.29, 1.82) is 0 Å². The second-order valence-corrected chi connectivity index (χ2v) is 2.76. The summed E-state index contributed by atoms with van der Waals surface area (Å²) in [7, 11) is 0. The lowest BCUT2D eigenvalue weighted by molar-refractivity contribution is 0.979. The van der Waals surface area contributed by atoms with Crippen LogP contribution in [0.4, 0.5) is 5.69 Å². The molecule has 0 heterocycles. The zero-order chi connectivity index (χ0) is 10.8. The van der Waals surface area contributed by atoms with Gasteiger partial charge in [-0.3, -0.25) is 0 Å². The van der Waals surface area contributed by atoms with Crippen LogP contribution in [0.3, 0.4) is 0 Å². The summed E-state index contributed by atoms with van der Waals surface area (Å²) in [5.41, 5.74) is 1.02. The zero-order valence-electron chi connectivity index (χ0n) is 9.00. The molecule has 0 aliphatic rings. The Hall–Kier alpha value is -1.09. The van der Waals surface area contributed by atoms with Crippen molar-refractivity contribution in [3.8, 4) is 0 Å². The maximum Gasteiger partial charge on any atom is 0.170 e. The van der Waals surface area contributed by atoms with Gasteiger partial charge in [0.2, 0.25) is 0 Å². The van der Waals surface area contributed by atoms with Crippen molar-refractivity contribution < 1.29 is 0 Å². The van der Waals surface area contributed by atoms with Crippen LogP contribution < -0.4 is 10.6 Å². The number of hydrogen-bond acceptors (Lipinski definition) is 1. The van der Waals surface area contributed by atoms with Crippen molar-refractivity contribution >= 4 is 23.0 Å². The standard InChI is InChI=1S/C9H12N2S.C2H6/c1-2-10-9(12)11-8-6-4-3-5-7-8;1-2/h3-7H,2H2,1H3,(H2,10,11,12);1-2H3. The molecule has 1 rings (SSSR count). The number of para-hydroxylation sites is 1. The molecule has 1 aromatic carbocycles. The minimum Gasteiger partial charge on any atom is -0.363 e. The van der Waals surface area contributed by atoms with Crippen LogP contribution >= 0.6 is 12.2 Å². The highest BCUT2D eigenvalue weighted by Gasteiger charge is 1.92. The molecule has 3 heteroatoms. The fourth-order valence-corrected chi connectivity index (χ4v) is 1.12. The molecule has 0 amide bonds. The van der Waals surface area contributed by atoms with Gasteiger partial charge >= 0.3 is 0 Å². The molecule has 0 fully saturated rings. The quantitative estimate of drug-likeness (QED) is 0.734. The zero-order valence-corrected chi connectivity index (χ0v) is 9.82. The van der Waals surface area contributed by atoms with E-state index in [1.165, 1.54) is 0 Å². The van der Waals surface area contributed by atoms with Crippen molar-refractivity contribution in [3.05, 3.63) is 30.3 Å². The minimum atomic E-state index is 0.670. The monoisotopic (exact) mass is 210 g/mol. The van der Waals surface area contributed by atoms with Gasteiger partial charge < -0.3 is 10.6 Å². The third kappa shape index (κ3) is 5.54. The Balaban J connectivity index is 0.000000791. The van der Waals surface area contributed by atoms with Gasteiger partial charge in [0.05, 0.1) is 0 Å². The predicted octanol–water partition coefficient (Wildman–Crippen LogP) is 3.02. The second-order valence-electron chi connectivity index (χ2n) is 2.35. The molecule has 0 radical (unpaired) electrons. The normalized spacial score (nSPS) is 8.21. The van der Waals surface area contributed by atoms with Crippen LogP contribution in [-0.2, 0) is 0 Å². The lowest BCUT2D eigenvalue weighted by atomic mass is 10.3. The number of anilines is 1. The highest BCUT2D eigenvalue weighted by atomic mass is 32.1. The van der Waals surface area contributed by atoms with Crippen molar-refractivity contribution in [2.24, 2.45) is 0 Å². The molecule has 0 spiro atoms. The van der Waals surface area contributed by atoms with E-state index in [4.69, 9.17) is 12.2 Å². The number of benzene rings is 1. The van der Waals surface area contributed by atoms with Crippen molar-refractivity contribution in [2.75, 3.05) is 11.9 Å². The van der Waals surface area contributed by atoms with Gasteiger partial charge in [-0.05, 0) is 31.3 Å². The highest BCUT2D eigenvalue weighted by Crippen LogP contribution is 2.03. The van der Waals surface area contributed by atoms with Crippen LogP contribution in [0.25, 0.3) is 0 Å². The van der Waals surface area contributed by atoms with Gasteiger partial charge in [0.25, 0.3) is 0 Å². The molecule has 0 atom stereocenters. The van der Waals surface area contributed by atoms with Crippen LogP contribution in [0.1, 0.15) is 20.8 Å². The summed E-state index contributed by atoms with van der Waals surface area (Å²) in [5, 5.41) is 6.75. The summed E-state index contributed by atoms with van der Waals surface area (Å²) in [6, 6.07) is 9.86. The van der Waals surface area contributed by atoms with Gasteiger partial charge in [0.1, 0.15) is 0 Å². The average Bonchev–Trinajstić information content (AvgIpc) is 2.22. The molecule has 2 nitrogen and oxygen atoms in total. The Bertz CT molecular complexity index is 247. The Kier molecular flexibility index (Phi) is 7.84. The van der Waals surface area contributed by atoms with Gasteiger partial charge in [-0.15, -0.1) is 0 Å². The molecule has 78 valence electrons. The van der Waals surface area contributed by atoms with E-state index in [9.17, 15) is 0 Å². The van der Waals surface area contributed by atoms with Crippen LogP contribution in [0.2, 0.25) is 0 Å². The van der Waals surface area contributed by atoms with E-state index in [2.05, 4.69) is 10.6 Å². The number of rotatable bonds is 2. The summed E-state index contributed by atoms with van der Waals surface area (Å²) in [5.74, 6) is 0. The van der Waals surface area contributed by atoms with E-state index in [0.29, 0.717) is 5.11 Å². The summed E-state index contributed by atoms with van der Waals surface area (Å²) < 4.78 is 0. The molecule has 0 unspecified atom stereocenters. The van der Waals surface area contributed by atoms with Crippen molar-refractivity contribution in [2.45, 2.75) is 20.8 Å². The fourth-order valence-electron chi connectivity index (χ4n) is 0.857. The molecule has 14 heavy (non-hydrogen) atoms. The molecule has 1 aromatic rings. The Labute approximate surface area is 91.7 Å². The maximum atomic E-state index is 5.01. The molecule has 0 aromatic heterocycles. The predicted molar refractivity (Wildman–Crippen MR) is 67.7 cm³/mol. The smallest absolute Gasteiger partial charge is 0.170 e. The first-order valence-electron chi connectivity index (χ1n) is 4.93. The third-order valence-electron chi connectivity index (χ3n) is 1.37. The van der Waals surface area contributed by atoms with E-state index in [-0.39, 0.29) is 0 Å². The van der Waals surface area contributed by atoms with Gasteiger partial charge in [-0.2, -0.15) is 0 Å². The Morgan fingerprint density at radius 3 is 2.29 bits per heavy atom. The second kappa shape index (κ2) is 8.51. The third-order valence-corrected chi connectivity index (χ3v) is 1.62. The van der Waals surface area contributed by atoms with Crippen molar-refractivity contribution in [3.63, 3.8) is 0 Å². The molecule has 2 N–H and O–H groups in total. The van der Waals surface area contributed by atoms with Crippen LogP contribution in [-0.4, -0.2) is 11.7 Å². The molecule has 0 saturated heterocycles. The molecule has 0 aliphatic carbocycles. The molecule has 0 bridgehead atoms. The maximum absolute atomic E-state index is 5.01. The SMILES string of the molecule is CC.CCNC(=S)Nc1ccccc1. The molecule has 0 aliphatic heterocycles. The van der Waals surface area contributed by atoms with Crippen molar-refractivity contribution in [1.82, 2.24) is 5.32 Å². The topological polar surface area (TPSA) is 24.1 Å². The minimum absolute atomic E-state index is 0.670. The van der Waals surface area contributed by atoms with Crippen LogP contribution in [0, 0.1) is 0 Å². The first-order valence-corrected chi connectivity index (χ1v) is 5.33. The van der Waals surface area contributed by atoms with Gasteiger partial charge in [-0.25, -0.2) is 0 Å². The summed E-state index contributed by atoms with van der Waals surface area (Å²) in [6.07, 6.45) is 0. The first kappa shape index (κ1) is 12.9. The number of nitrogens with one attached hydrogen (secondary N) is 2. The van der Waals surface area contributed by atoms with Crippen LogP contribution in [0.15, 0.2) is 30.3 Å². The molecular weight excluding hydrogens is 192 g/mol. The van der Waals surface area contributed by atoms with Gasteiger partial charge in [0, 0.05) is 12.2 Å². The first-order chi connectivity index (χ1) is 6.83. The summed E-state index contributed by atoms with van der Waals surface area (Å²) >= 11 is 5.01. The fraction of sp³-hybridized carbons (Fsp3) is 0.364. The summed E-state index contributed by atoms with van der Waals surface area (Å²) in [4.78, 5) is 0. The van der Waals surface area contributed by atoms with E-state index in [1.54, 1.807) is 0 Å². The largest absolute Gasteiger partial charge is 0.363 e. The Morgan fingerprint density at radius 1 is 1.21 bits per heavy atom. The highest BCUT2D eigenvalue weighted by molar-refractivity contribution is 7.80. The molecular formula is C11H18N2S. The van der Waals surface area contributed by atoms with E-state index < -0.39 is 0 Å². The lowest BCUT2D eigenvalue weighted by Gasteiger charge is -2.07. The lowest BCUT2D eigenvalue weighted by Crippen LogP contribution is -2.27. The van der Waals surface area contributed by atoms with E-state index in [1.807, 2.05) is 51.1 Å². The average molecular weight is 210 g/mol. The van der Waals surface area contributed by atoms with Gasteiger partial charge in [0.15, 0.2) is 5.11 Å². The van der Waals surface area contributed by atoms with Gasteiger partial charge in [-0.1, -0.05) is 32.0 Å². The number of thiocarbonyl (C=S) groups is 1.